The number of hydrogen-bond acceptors (Lipinski definition) is 8. The van der Waals surface area contributed by atoms with Gasteiger partial charge in [-0.2, -0.15) is 0 Å². The molecular formula is C138H88N4O4. The molecule has 2 aromatic heterocycles. The van der Waals surface area contributed by atoms with Crippen LogP contribution in [0.5, 0.6) is 23.0 Å². The van der Waals surface area contributed by atoms with E-state index in [9.17, 15) is 0 Å². The van der Waals surface area contributed by atoms with Crippen LogP contribution in [0.1, 0.15) is 0 Å². The van der Waals surface area contributed by atoms with E-state index in [2.05, 4.69) is 529 Å². The predicted octanol–water partition coefficient (Wildman–Crippen LogP) is 39.9. The van der Waals surface area contributed by atoms with Crippen LogP contribution in [0.4, 0.5) is 68.2 Å². The van der Waals surface area contributed by atoms with Crippen LogP contribution >= 0.6 is 0 Å². The number of fused-ring (bicyclic) bond motifs is 18. The molecule has 25 aromatic carbocycles. The van der Waals surface area contributed by atoms with Gasteiger partial charge in [-0.25, -0.2) is 0 Å². The Balaban J connectivity index is 0.000000142. The minimum absolute atomic E-state index is 0.799. The molecule has 2 aliphatic heterocycles. The van der Waals surface area contributed by atoms with Crippen molar-refractivity contribution in [2.75, 3.05) is 19.6 Å². The van der Waals surface area contributed by atoms with Crippen molar-refractivity contribution in [1.82, 2.24) is 0 Å². The summed E-state index contributed by atoms with van der Waals surface area (Å²) in [7, 11) is 0. The molecule has 27 aromatic rings. The molecule has 0 radical (unpaired) electrons. The van der Waals surface area contributed by atoms with Gasteiger partial charge in [0.15, 0.2) is 11.2 Å². The lowest BCUT2D eigenvalue weighted by Crippen LogP contribution is -2.12. The zero-order chi connectivity index (χ0) is 96.2. The minimum Gasteiger partial charge on any atom is -0.456 e. The van der Waals surface area contributed by atoms with Gasteiger partial charge >= 0.3 is 0 Å². The van der Waals surface area contributed by atoms with Gasteiger partial charge in [-0.1, -0.05) is 358 Å². The van der Waals surface area contributed by atoms with E-state index >= 15 is 0 Å². The lowest BCUT2D eigenvalue weighted by Gasteiger charge is -2.30. The molecule has 0 saturated heterocycles. The summed E-state index contributed by atoms with van der Waals surface area (Å²) in [4.78, 5) is 9.33. The first kappa shape index (κ1) is 84.5. The Labute approximate surface area is 843 Å². The van der Waals surface area contributed by atoms with Crippen molar-refractivity contribution in [2.24, 2.45) is 0 Å². The third-order valence-corrected chi connectivity index (χ3v) is 29.2. The lowest BCUT2D eigenvalue weighted by atomic mass is 9.86. The Kier molecular flexibility index (Phi) is 20.5. The molecule has 0 amide bonds. The Hall–Kier alpha value is -19.5. The fraction of sp³-hybridized carbons (Fsp3) is 0. The first-order valence-corrected chi connectivity index (χ1v) is 49.7. The molecule has 0 fully saturated rings. The van der Waals surface area contributed by atoms with Gasteiger partial charge < -0.3 is 37.9 Å². The van der Waals surface area contributed by atoms with Crippen molar-refractivity contribution >= 4 is 177 Å². The molecule has 0 aliphatic carbocycles. The first-order chi connectivity index (χ1) is 72.4. The molecule has 0 spiro atoms. The topological polar surface area (TPSA) is 57.7 Å². The lowest BCUT2D eigenvalue weighted by molar-refractivity contribution is 0.487. The Morgan fingerprint density at radius 2 is 0.397 bits per heavy atom. The van der Waals surface area contributed by atoms with Gasteiger partial charge in [-0.15, -0.1) is 0 Å². The molecule has 684 valence electrons. The van der Waals surface area contributed by atoms with Crippen LogP contribution < -0.4 is 29.1 Å². The highest BCUT2D eigenvalue weighted by atomic mass is 16.5. The highest BCUT2D eigenvalue weighted by Crippen LogP contribution is 2.58. The normalized spacial score (nSPS) is 11.8. The van der Waals surface area contributed by atoms with Gasteiger partial charge in [0.25, 0.3) is 0 Å². The van der Waals surface area contributed by atoms with Crippen LogP contribution in [0.25, 0.3) is 186 Å². The number of benzene rings is 25. The summed E-state index contributed by atoms with van der Waals surface area (Å²) in [6.45, 7) is 0. The largest absolute Gasteiger partial charge is 0.456 e. The maximum absolute atomic E-state index is 7.10. The van der Waals surface area contributed by atoms with Crippen LogP contribution in [-0.4, -0.2) is 0 Å². The molecule has 0 saturated carbocycles. The van der Waals surface area contributed by atoms with Crippen molar-refractivity contribution in [2.45, 2.75) is 0 Å². The van der Waals surface area contributed by atoms with E-state index in [1.54, 1.807) is 0 Å². The van der Waals surface area contributed by atoms with Crippen LogP contribution in [-0.2, 0) is 0 Å². The number of anilines is 12. The van der Waals surface area contributed by atoms with Gasteiger partial charge in [-0.3, -0.25) is 0 Å². The Morgan fingerprint density at radius 3 is 0.801 bits per heavy atom. The molecule has 4 heterocycles. The summed E-state index contributed by atoms with van der Waals surface area (Å²) in [5.41, 5.74) is 31.9. The number of rotatable bonds is 17. The zero-order valence-corrected chi connectivity index (χ0v) is 79.2. The van der Waals surface area contributed by atoms with E-state index in [-0.39, 0.29) is 0 Å². The van der Waals surface area contributed by atoms with Crippen molar-refractivity contribution in [3.63, 3.8) is 0 Å². The second-order valence-electron chi connectivity index (χ2n) is 37.5. The molecular weight excluding hydrogens is 1780 g/mol. The maximum atomic E-state index is 7.10. The van der Waals surface area contributed by atoms with Crippen LogP contribution in [0.15, 0.2) is 543 Å². The summed E-state index contributed by atoms with van der Waals surface area (Å²) >= 11 is 0. The average molecular weight is 1870 g/mol. The van der Waals surface area contributed by atoms with Gasteiger partial charge in [0.05, 0.1) is 39.8 Å². The molecule has 8 nitrogen and oxygen atoms in total. The van der Waals surface area contributed by atoms with Gasteiger partial charge in [-0.05, 0) is 268 Å². The molecule has 0 atom stereocenters. The van der Waals surface area contributed by atoms with Crippen molar-refractivity contribution in [3.05, 3.63) is 534 Å². The second-order valence-corrected chi connectivity index (χ2v) is 37.5. The van der Waals surface area contributed by atoms with Gasteiger partial charge in [0.1, 0.15) is 34.2 Å². The molecule has 0 N–H and O–H groups in total. The summed E-state index contributed by atoms with van der Waals surface area (Å²) in [6.07, 6.45) is 0. The molecule has 8 heteroatoms. The van der Waals surface area contributed by atoms with E-state index < -0.39 is 0 Å². The fourth-order valence-corrected chi connectivity index (χ4v) is 22.7. The monoisotopic (exact) mass is 1860 g/mol. The number of furan rings is 2. The molecule has 0 bridgehead atoms. The van der Waals surface area contributed by atoms with Gasteiger partial charge in [0, 0.05) is 101 Å². The third kappa shape index (κ3) is 14.4. The van der Waals surface area contributed by atoms with E-state index in [1.807, 2.05) is 24.3 Å². The molecule has 0 unspecified atom stereocenters. The van der Waals surface area contributed by atoms with Crippen molar-refractivity contribution in [1.29, 1.82) is 0 Å². The summed E-state index contributed by atoms with van der Waals surface area (Å²) < 4.78 is 27.5. The number of ether oxygens (including phenoxy) is 2. The van der Waals surface area contributed by atoms with E-state index in [0.717, 1.165) is 196 Å². The first-order valence-electron chi connectivity index (χ1n) is 49.7. The zero-order valence-electron chi connectivity index (χ0n) is 79.2. The van der Waals surface area contributed by atoms with E-state index in [1.165, 1.54) is 81.9 Å². The summed E-state index contributed by atoms with van der Waals surface area (Å²) in [5.74, 6) is 3.30. The quantitative estimate of drug-likeness (QED) is 0.0836. The number of para-hydroxylation sites is 10. The van der Waals surface area contributed by atoms with E-state index in [0.29, 0.717) is 0 Å². The minimum atomic E-state index is 0.799. The Bertz CT molecular complexity index is 9820. The maximum Gasteiger partial charge on any atom is 0.159 e. The number of hydrogen-bond donors (Lipinski definition) is 0. The summed E-state index contributed by atoms with van der Waals surface area (Å²) in [5, 5.41) is 18.5. The third-order valence-electron chi connectivity index (χ3n) is 29.2. The SMILES string of the molecule is c1ccc(-c2ccccc2N(c2ccccc2)c2ccc(-c3cc4c5cccc6c5c(cc4c4ccccc34)-c3ccc(N(c4ccccc4)c4cccc5c4oc4ccccc45)cc3O6)cc2)cc1.c1ccc(-c2ccccc2N(c2ccccc2)c2ccc(-c3cc4c5cccc6c5c(cc4c4ccccc34)-c3ccc(N(c4ccccc4-c4ccccc4)c4cccc5c4oc4ccccc45)cc3O6)cc2)cc1. The highest BCUT2D eigenvalue weighted by molar-refractivity contribution is 6.28. The van der Waals surface area contributed by atoms with Crippen LogP contribution in [0, 0.1) is 0 Å². The summed E-state index contributed by atoms with van der Waals surface area (Å²) in [6, 6.07) is 191. The molecule has 146 heavy (non-hydrogen) atoms. The van der Waals surface area contributed by atoms with Crippen molar-refractivity contribution < 1.29 is 18.3 Å². The second kappa shape index (κ2) is 35.4. The van der Waals surface area contributed by atoms with Crippen LogP contribution in [0.2, 0.25) is 0 Å². The molecule has 29 rings (SSSR count). The average Bonchev–Trinajstić information content (AvgIpc) is 1.04. The predicted molar refractivity (Wildman–Crippen MR) is 609 cm³/mol. The van der Waals surface area contributed by atoms with Crippen molar-refractivity contribution in [3.8, 4) is 101 Å². The number of nitrogens with zero attached hydrogens (tertiary/aromatic N) is 4. The van der Waals surface area contributed by atoms with E-state index in [4.69, 9.17) is 18.3 Å². The molecule has 2 aliphatic rings. The fourth-order valence-electron chi connectivity index (χ4n) is 22.7. The van der Waals surface area contributed by atoms with Crippen LogP contribution in [0.3, 0.4) is 0 Å². The Morgan fingerprint density at radius 1 is 0.130 bits per heavy atom. The standard InChI is InChI=1S/C72H46N2O2.C66H42N2O2/c1-4-20-47(21-5-1)53-26-12-15-33-65(53)73(50-24-8-3-9-25-50)51-40-38-49(39-41-51)61-45-63-59-31-19-37-69-71(59)64(46-62(63)56-29-11-10-28-55(56)61)58-43-42-52(44-70(58)75-69)74(66-34-16-13-27-54(66)48-22-6-2-7-23-48)67-35-18-32-60-57-30-14-17-36-68(57)76-72(60)67;1-4-18-43(19-5-1)49-24-12-14-30-60(49)67(45-20-6-2-7-21-45)47-36-34-44(35-37-47)56-41-58-54-28-17-33-63-65(54)59(42-57(58)51-26-11-10-25-50(51)56)53-39-38-48(40-64(53)69-63)68(46-22-8-3-9-23-46)61-31-16-29-55-52-27-13-15-32-62(52)70-66(55)61/h1-46H;1-42H. The highest BCUT2D eigenvalue weighted by Gasteiger charge is 2.32. The van der Waals surface area contributed by atoms with Gasteiger partial charge in [0.2, 0.25) is 0 Å². The smallest absolute Gasteiger partial charge is 0.159 e.